The first kappa shape index (κ1) is 17.5. The van der Waals surface area contributed by atoms with Crippen LogP contribution in [0.15, 0.2) is 54.7 Å². The minimum atomic E-state index is -4.57. The van der Waals surface area contributed by atoms with E-state index in [0.717, 1.165) is 26.6 Å². The number of fused-ring (bicyclic) bond motifs is 4. The summed E-state index contributed by atoms with van der Waals surface area (Å²) in [6, 6.07) is 14.9. The van der Waals surface area contributed by atoms with Gasteiger partial charge in [-0.1, -0.05) is 24.3 Å². The number of halogens is 3. The number of rotatable bonds is 4. The van der Waals surface area contributed by atoms with E-state index < -0.39 is 12.0 Å². The molecule has 0 saturated carbocycles. The highest BCUT2D eigenvalue weighted by Crippen LogP contribution is 2.32. The van der Waals surface area contributed by atoms with E-state index in [2.05, 4.69) is 25.5 Å². The Balaban J connectivity index is 1.47. The topological polar surface area (TPSA) is 70.9 Å². The van der Waals surface area contributed by atoms with E-state index >= 15 is 0 Å². The van der Waals surface area contributed by atoms with Crippen molar-refractivity contribution in [3.63, 3.8) is 0 Å². The summed E-state index contributed by atoms with van der Waals surface area (Å²) in [5, 5.41) is 11.8. The Morgan fingerprint density at radius 3 is 2.69 bits per heavy atom. The van der Waals surface area contributed by atoms with Crippen LogP contribution in [-0.2, 0) is 12.6 Å². The zero-order valence-electron chi connectivity index (χ0n) is 15.0. The Kier molecular flexibility index (Phi) is 3.90. The van der Waals surface area contributed by atoms with Gasteiger partial charge < -0.3 is 10.3 Å². The summed E-state index contributed by atoms with van der Waals surface area (Å²) >= 11 is 0. The van der Waals surface area contributed by atoms with Crippen molar-refractivity contribution < 1.29 is 13.2 Å². The maximum absolute atomic E-state index is 13.2. The van der Waals surface area contributed by atoms with Crippen LogP contribution in [0.1, 0.15) is 11.6 Å². The summed E-state index contributed by atoms with van der Waals surface area (Å²) in [5.74, 6) is -0.197. The molecule has 0 amide bonds. The second-order valence-corrected chi connectivity index (χ2v) is 6.68. The van der Waals surface area contributed by atoms with Crippen LogP contribution in [0.25, 0.3) is 27.5 Å². The molecule has 0 bridgehead atoms. The van der Waals surface area contributed by atoms with Crippen LogP contribution in [0, 0.1) is 0 Å². The number of alkyl halides is 3. The number of hydrogen-bond acceptors (Lipinski definition) is 4. The zero-order valence-corrected chi connectivity index (χ0v) is 15.0. The normalized spacial score (nSPS) is 12.2. The maximum atomic E-state index is 13.2. The van der Waals surface area contributed by atoms with Gasteiger partial charge in [-0.25, -0.2) is 4.98 Å². The second kappa shape index (κ2) is 6.47. The van der Waals surface area contributed by atoms with Gasteiger partial charge in [0.2, 0.25) is 5.82 Å². The molecule has 3 heterocycles. The third-order valence-electron chi connectivity index (χ3n) is 4.79. The molecule has 0 radical (unpaired) electrons. The van der Waals surface area contributed by atoms with Crippen molar-refractivity contribution in [2.24, 2.45) is 0 Å². The van der Waals surface area contributed by atoms with E-state index in [1.54, 1.807) is 6.07 Å². The Morgan fingerprint density at radius 1 is 1.00 bits per heavy atom. The standard InChI is InChI=1S/C20H15F3N6/c21-20(22,23)19-28-27-18-17-12(9-11-29(18)19)4-3-7-15(17)24-10-8-16-25-13-5-1-2-6-14(13)26-16/h1-7,9,11,24H,8,10H2,(H,25,26). The number of aromatic amines is 1. The lowest BCUT2D eigenvalue weighted by Gasteiger charge is -2.11. The highest BCUT2D eigenvalue weighted by atomic mass is 19.4. The molecule has 2 aromatic carbocycles. The molecule has 0 fully saturated rings. The van der Waals surface area contributed by atoms with Gasteiger partial charge in [-0.15, -0.1) is 10.2 Å². The lowest BCUT2D eigenvalue weighted by atomic mass is 10.1. The van der Waals surface area contributed by atoms with Crippen LogP contribution in [0.4, 0.5) is 18.9 Å². The van der Waals surface area contributed by atoms with Gasteiger partial charge in [0.25, 0.3) is 0 Å². The molecular formula is C20H15F3N6. The summed E-state index contributed by atoms with van der Waals surface area (Å²) in [4.78, 5) is 7.81. The lowest BCUT2D eigenvalue weighted by Crippen LogP contribution is -2.11. The Morgan fingerprint density at radius 2 is 1.86 bits per heavy atom. The molecule has 6 nitrogen and oxygen atoms in total. The van der Waals surface area contributed by atoms with Gasteiger partial charge in [-0.3, -0.25) is 4.40 Å². The second-order valence-electron chi connectivity index (χ2n) is 6.68. The molecule has 0 spiro atoms. The molecule has 0 unspecified atom stereocenters. The fraction of sp³-hybridized carbons (Fsp3) is 0.150. The first-order valence-electron chi connectivity index (χ1n) is 9.02. The van der Waals surface area contributed by atoms with Crippen molar-refractivity contribution in [2.75, 3.05) is 11.9 Å². The summed E-state index contributed by atoms with van der Waals surface area (Å²) in [5.41, 5.74) is 2.74. The average Bonchev–Trinajstić information content (AvgIpc) is 3.31. The van der Waals surface area contributed by atoms with Crippen molar-refractivity contribution in [1.82, 2.24) is 24.6 Å². The van der Waals surface area contributed by atoms with E-state index in [1.165, 1.54) is 6.20 Å². The van der Waals surface area contributed by atoms with E-state index in [9.17, 15) is 13.2 Å². The largest absolute Gasteiger partial charge is 0.452 e. The van der Waals surface area contributed by atoms with Crippen molar-refractivity contribution in [1.29, 1.82) is 0 Å². The van der Waals surface area contributed by atoms with Crippen LogP contribution in [-0.4, -0.2) is 31.1 Å². The van der Waals surface area contributed by atoms with Gasteiger partial charge >= 0.3 is 6.18 Å². The van der Waals surface area contributed by atoms with Crippen LogP contribution in [0.2, 0.25) is 0 Å². The summed E-state index contributed by atoms with van der Waals surface area (Å²) in [6.45, 7) is 0.556. The monoisotopic (exact) mass is 396 g/mol. The molecule has 0 saturated heterocycles. The van der Waals surface area contributed by atoms with Crippen LogP contribution in [0.3, 0.4) is 0 Å². The smallest absolute Gasteiger partial charge is 0.384 e. The fourth-order valence-electron chi connectivity index (χ4n) is 3.50. The minimum Gasteiger partial charge on any atom is -0.384 e. The number of pyridine rings is 1. The van der Waals surface area contributed by atoms with Gasteiger partial charge in [-0.2, -0.15) is 13.2 Å². The number of benzene rings is 2. The minimum absolute atomic E-state index is 0.168. The number of imidazole rings is 1. The maximum Gasteiger partial charge on any atom is 0.452 e. The summed E-state index contributed by atoms with van der Waals surface area (Å²) < 4.78 is 40.5. The lowest BCUT2D eigenvalue weighted by molar-refractivity contribution is -0.145. The zero-order chi connectivity index (χ0) is 20.0. The van der Waals surface area contributed by atoms with Crippen LogP contribution in [0.5, 0.6) is 0 Å². The molecule has 2 N–H and O–H groups in total. The van der Waals surface area contributed by atoms with Crippen LogP contribution >= 0.6 is 0 Å². The van der Waals surface area contributed by atoms with Gasteiger partial charge in [0.1, 0.15) is 5.82 Å². The van der Waals surface area contributed by atoms with Crippen molar-refractivity contribution >= 4 is 33.1 Å². The molecule has 29 heavy (non-hydrogen) atoms. The molecular weight excluding hydrogens is 381 g/mol. The third kappa shape index (κ3) is 3.04. The number of nitrogens with one attached hydrogen (secondary N) is 2. The highest BCUT2D eigenvalue weighted by Gasteiger charge is 2.37. The summed E-state index contributed by atoms with van der Waals surface area (Å²) in [6.07, 6.45) is -2.59. The molecule has 5 rings (SSSR count). The first-order chi connectivity index (χ1) is 14.0. The first-order valence-corrected chi connectivity index (χ1v) is 9.02. The Hall–Kier alpha value is -3.62. The quantitative estimate of drug-likeness (QED) is 0.471. The number of nitrogens with zero attached hydrogens (tertiary/aromatic N) is 4. The fourth-order valence-corrected chi connectivity index (χ4v) is 3.50. The van der Waals surface area contributed by atoms with E-state index in [-0.39, 0.29) is 5.65 Å². The van der Waals surface area contributed by atoms with Gasteiger partial charge in [-0.05, 0) is 29.7 Å². The van der Waals surface area contributed by atoms with Crippen molar-refractivity contribution in [3.8, 4) is 0 Å². The molecule has 0 atom stereocenters. The molecule has 9 heteroatoms. The number of para-hydroxylation sites is 2. The molecule has 146 valence electrons. The number of hydrogen-bond donors (Lipinski definition) is 2. The highest BCUT2D eigenvalue weighted by molar-refractivity contribution is 6.03. The predicted octanol–water partition coefficient (Wildman–Crippen LogP) is 4.43. The Labute approximate surface area is 162 Å². The molecule has 5 aromatic rings. The van der Waals surface area contributed by atoms with E-state index in [0.29, 0.717) is 24.0 Å². The Bertz CT molecular complexity index is 1300. The number of anilines is 1. The average molecular weight is 396 g/mol. The van der Waals surface area contributed by atoms with Gasteiger partial charge in [0.05, 0.1) is 16.4 Å². The molecule has 0 aliphatic heterocycles. The van der Waals surface area contributed by atoms with E-state index in [1.807, 2.05) is 42.5 Å². The number of H-pyrrole nitrogens is 1. The summed E-state index contributed by atoms with van der Waals surface area (Å²) in [7, 11) is 0. The third-order valence-corrected chi connectivity index (χ3v) is 4.79. The predicted molar refractivity (Wildman–Crippen MR) is 104 cm³/mol. The molecule has 0 aliphatic carbocycles. The van der Waals surface area contributed by atoms with Crippen LogP contribution < -0.4 is 5.32 Å². The van der Waals surface area contributed by atoms with Gasteiger partial charge in [0.15, 0.2) is 5.65 Å². The van der Waals surface area contributed by atoms with Gasteiger partial charge in [0, 0.05) is 24.8 Å². The number of aromatic nitrogens is 5. The SMILES string of the molecule is FC(F)(F)c1nnc2c3c(NCCc4nc5ccccc5[nH]4)cccc3ccn12. The molecule has 0 aliphatic rings. The van der Waals surface area contributed by atoms with Crippen molar-refractivity contribution in [3.05, 3.63) is 66.4 Å². The molecule has 3 aromatic heterocycles. The van der Waals surface area contributed by atoms with E-state index in [4.69, 9.17) is 0 Å². The van der Waals surface area contributed by atoms with Crippen molar-refractivity contribution in [2.45, 2.75) is 12.6 Å².